The van der Waals surface area contributed by atoms with E-state index in [1.807, 2.05) is 23.6 Å². The van der Waals surface area contributed by atoms with Gasteiger partial charge in [0, 0.05) is 5.39 Å². The molecular weight excluding hydrogens is 182 g/mol. The molecule has 0 radical (unpaired) electrons. The zero-order valence-electron chi connectivity index (χ0n) is 7.18. The zero-order chi connectivity index (χ0) is 9.97. The van der Waals surface area contributed by atoms with E-state index in [4.69, 9.17) is 0 Å². The Kier molecular flexibility index (Phi) is 1.98. The van der Waals surface area contributed by atoms with Crippen LogP contribution in [0, 0.1) is 10.1 Å². The van der Waals surface area contributed by atoms with Gasteiger partial charge in [0.1, 0.15) is 0 Å². The van der Waals surface area contributed by atoms with Crippen molar-refractivity contribution in [2.45, 2.75) is 0 Å². The molecule has 0 atom stereocenters. The van der Waals surface area contributed by atoms with Crippen LogP contribution in [-0.4, -0.2) is 10.0 Å². The van der Waals surface area contributed by atoms with Crippen molar-refractivity contribution in [3.05, 3.63) is 46.5 Å². The molecule has 2 rings (SSSR count). The summed E-state index contributed by atoms with van der Waals surface area (Å²) in [6.45, 7) is 0. The maximum Gasteiger partial charge on any atom is 0.191 e. The molecule has 0 fully saturated rings. The van der Waals surface area contributed by atoms with E-state index in [9.17, 15) is 10.1 Å². The first-order chi connectivity index (χ1) is 6.75. The van der Waals surface area contributed by atoms with Crippen molar-refractivity contribution >= 4 is 16.7 Å². The van der Waals surface area contributed by atoms with Gasteiger partial charge >= 0.3 is 0 Å². The molecule has 5 heteroatoms. The summed E-state index contributed by atoms with van der Waals surface area (Å²) < 4.78 is 0. The monoisotopic (exact) mass is 189 g/mol. The van der Waals surface area contributed by atoms with Crippen molar-refractivity contribution < 1.29 is 5.03 Å². The minimum Gasteiger partial charge on any atom is -0.234 e. The molecule has 1 aromatic carbocycles. The fraction of sp³-hybridized carbons (Fsp3) is 0. The summed E-state index contributed by atoms with van der Waals surface area (Å²) in [5.41, 5.74) is 2.74. The van der Waals surface area contributed by atoms with Crippen LogP contribution in [0.5, 0.6) is 0 Å². The second-order valence-corrected chi connectivity index (χ2v) is 2.76. The van der Waals surface area contributed by atoms with E-state index in [2.05, 4.69) is 4.98 Å². The summed E-state index contributed by atoms with van der Waals surface area (Å²) in [6, 6.07) is 10.8. The minimum absolute atomic E-state index is 0.244. The van der Waals surface area contributed by atoms with Gasteiger partial charge in [-0.25, -0.2) is 15.1 Å². The molecule has 1 aromatic heterocycles. The van der Waals surface area contributed by atoms with Gasteiger partial charge in [-0.15, -0.1) is 0 Å². The third-order valence-corrected chi connectivity index (χ3v) is 1.80. The molecule has 2 aromatic rings. The van der Waals surface area contributed by atoms with Crippen LogP contribution in [0.15, 0.2) is 36.4 Å². The van der Waals surface area contributed by atoms with E-state index in [0.29, 0.717) is 0 Å². The fourth-order valence-corrected chi connectivity index (χ4v) is 1.22. The van der Waals surface area contributed by atoms with Gasteiger partial charge in [0.15, 0.2) is 10.9 Å². The first-order valence-electron chi connectivity index (χ1n) is 4.02. The van der Waals surface area contributed by atoms with Crippen molar-refractivity contribution in [2.75, 3.05) is 5.43 Å². The third kappa shape index (κ3) is 1.61. The molecule has 14 heavy (non-hydrogen) atoms. The summed E-state index contributed by atoms with van der Waals surface area (Å²) in [6.07, 6.45) is 0. The number of hydrazine groups is 1. The molecule has 0 bridgehead atoms. The number of nitro groups is 1. The molecular formula is C9H7N3O2. The van der Waals surface area contributed by atoms with Crippen molar-refractivity contribution in [3.8, 4) is 0 Å². The quantitative estimate of drug-likeness (QED) is 0.578. The van der Waals surface area contributed by atoms with Crippen LogP contribution in [0.25, 0.3) is 10.9 Å². The van der Waals surface area contributed by atoms with Crippen LogP contribution in [-0.2, 0) is 0 Å². The molecule has 70 valence electrons. The lowest BCUT2D eigenvalue weighted by Crippen LogP contribution is -2.08. The molecule has 0 saturated heterocycles. The number of rotatable bonds is 2. The van der Waals surface area contributed by atoms with Gasteiger partial charge in [0.2, 0.25) is 0 Å². The molecule has 0 aliphatic rings. The Balaban J connectivity index is 2.46. The minimum atomic E-state index is -0.628. The van der Waals surface area contributed by atoms with Gasteiger partial charge in [-0.1, -0.05) is 23.6 Å². The molecule has 0 aliphatic carbocycles. The van der Waals surface area contributed by atoms with Gasteiger partial charge < -0.3 is 0 Å². The molecule has 0 aliphatic heterocycles. The molecule has 0 amide bonds. The Morgan fingerprint density at radius 1 is 1.21 bits per heavy atom. The number of nitrogens with zero attached hydrogens (tertiary/aromatic N) is 2. The largest absolute Gasteiger partial charge is 0.234 e. The van der Waals surface area contributed by atoms with Gasteiger partial charge in [-0.3, -0.25) is 0 Å². The lowest BCUT2D eigenvalue weighted by atomic mass is 10.2. The average molecular weight is 189 g/mol. The van der Waals surface area contributed by atoms with Crippen LogP contribution in [0.2, 0.25) is 0 Å². The summed E-state index contributed by atoms with van der Waals surface area (Å²) in [5.74, 6) is 0.244. The number of pyridine rings is 1. The maximum atomic E-state index is 10.2. The highest BCUT2D eigenvalue weighted by Crippen LogP contribution is 2.13. The second-order valence-electron chi connectivity index (χ2n) is 2.76. The Labute approximate surface area is 79.5 Å². The number of nitrogens with one attached hydrogen (secondary N) is 1. The molecule has 0 spiro atoms. The van der Waals surface area contributed by atoms with Gasteiger partial charge in [0.05, 0.1) is 5.52 Å². The van der Waals surface area contributed by atoms with Crippen molar-refractivity contribution in [2.24, 2.45) is 0 Å². The topological polar surface area (TPSA) is 68.1 Å². The van der Waals surface area contributed by atoms with Crippen LogP contribution in [0.1, 0.15) is 0 Å². The zero-order valence-corrected chi connectivity index (χ0v) is 7.18. The smallest absolute Gasteiger partial charge is 0.191 e. The van der Waals surface area contributed by atoms with E-state index in [-0.39, 0.29) is 5.82 Å². The van der Waals surface area contributed by atoms with E-state index in [1.165, 1.54) is 0 Å². The molecule has 1 N–H and O–H groups in total. The van der Waals surface area contributed by atoms with Gasteiger partial charge in [-0.05, 0) is 18.2 Å². The lowest BCUT2D eigenvalue weighted by molar-refractivity contribution is -0.445. The Hall–Kier alpha value is -2.17. The predicted octanol–water partition coefficient (Wildman–Crippen LogP) is 1.84. The fourth-order valence-electron chi connectivity index (χ4n) is 1.22. The number of hydrogen-bond acceptors (Lipinski definition) is 3. The van der Waals surface area contributed by atoms with E-state index in [1.54, 1.807) is 18.2 Å². The predicted molar refractivity (Wildman–Crippen MR) is 52.4 cm³/mol. The number of fused-ring (bicyclic) bond motifs is 1. The summed E-state index contributed by atoms with van der Waals surface area (Å²) in [7, 11) is 0. The highest BCUT2D eigenvalue weighted by atomic mass is 16.7. The highest BCUT2D eigenvalue weighted by molar-refractivity contribution is 5.79. The number of benzene rings is 1. The summed E-state index contributed by atoms with van der Waals surface area (Å²) >= 11 is 0. The molecule has 5 nitrogen and oxygen atoms in total. The highest BCUT2D eigenvalue weighted by Gasteiger charge is 2.01. The summed E-state index contributed by atoms with van der Waals surface area (Å²) in [5, 5.41) is 10.5. The van der Waals surface area contributed by atoms with E-state index in [0.717, 1.165) is 10.9 Å². The lowest BCUT2D eigenvalue weighted by Gasteiger charge is -1.98. The van der Waals surface area contributed by atoms with Crippen LogP contribution >= 0.6 is 0 Å². The third-order valence-electron chi connectivity index (χ3n) is 1.80. The van der Waals surface area contributed by atoms with Gasteiger partial charge in [-0.2, -0.15) is 0 Å². The van der Waals surface area contributed by atoms with Crippen molar-refractivity contribution in [1.82, 2.24) is 4.98 Å². The number of aromatic nitrogens is 1. The molecule has 0 unspecified atom stereocenters. The normalized spacial score (nSPS) is 10.0. The number of hydrogen-bond donors (Lipinski definition) is 1. The first-order valence-corrected chi connectivity index (χ1v) is 4.02. The first kappa shape index (κ1) is 8.43. The second kappa shape index (κ2) is 3.29. The molecule has 1 heterocycles. The standard InChI is InChI=1S/C9H7N3O2/c13-12(14)11-9-6-5-7-3-1-2-4-8(7)10-9/h1-6H,(H,10,11). The summed E-state index contributed by atoms with van der Waals surface area (Å²) in [4.78, 5) is 14.2. The van der Waals surface area contributed by atoms with Crippen molar-refractivity contribution in [3.63, 3.8) is 0 Å². The van der Waals surface area contributed by atoms with Crippen LogP contribution in [0.3, 0.4) is 0 Å². The van der Waals surface area contributed by atoms with E-state index < -0.39 is 5.03 Å². The number of anilines is 1. The van der Waals surface area contributed by atoms with E-state index >= 15 is 0 Å². The van der Waals surface area contributed by atoms with Crippen molar-refractivity contribution in [1.29, 1.82) is 0 Å². The van der Waals surface area contributed by atoms with Crippen LogP contribution in [0.4, 0.5) is 5.82 Å². The van der Waals surface area contributed by atoms with Crippen LogP contribution < -0.4 is 5.43 Å². The maximum absolute atomic E-state index is 10.2. The average Bonchev–Trinajstić information content (AvgIpc) is 2.17. The number of para-hydroxylation sites is 1. The van der Waals surface area contributed by atoms with Gasteiger partial charge in [0.25, 0.3) is 0 Å². The Morgan fingerprint density at radius 3 is 2.79 bits per heavy atom. The Morgan fingerprint density at radius 2 is 2.00 bits per heavy atom. The SMILES string of the molecule is O=[N+]([O-])Nc1ccc2ccccc2n1. The molecule has 0 saturated carbocycles. The Bertz CT molecular complexity index is 484.